The molecule has 0 aliphatic heterocycles. The lowest BCUT2D eigenvalue weighted by molar-refractivity contribution is 0.558. The van der Waals surface area contributed by atoms with Gasteiger partial charge in [-0.25, -0.2) is 18.1 Å². The normalized spacial score (nSPS) is 16.8. The Morgan fingerprint density at radius 3 is 2.43 bits per heavy atom. The average molecular weight is 417 g/mol. The number of aromatic nitrogens is 2. The van der Waals surface area contributed by atoms with Gasteiger partial charge in [0, 0.05) is 27.9 Å². The Morgan fingerprint density at radius 2 is 1.87 bits per heavy atom. The largest absolute Gasteiger partial charge is 0.293 e. The van der Waals surface area contributed by atoms with E-state index in [9.17, 15) is 13.7 Å². The van der Waals surface area contributed by atoms with Crippen molar-refractivity contribution in [3.05, 3.63) is 65.9 Å². The van der Waals surface area contributed by atoms with E-state index in [2.05, 4.69) is 15.8 Å². The smallest absolute Gasteiger partial charge is 0.241 e. The molecule has 5 rings (SSSR count). The summed E-state index contributed by atoms with van der Waals surface area (Å²) in [5.74, 6) is 0. The lowest BCUT2D eigenvalue weighted by Gasteiger charge is -2.16. The molecule has 2 heterocycles. The highest BCUT2D eigenvalue weighted by Gasteiger charge is 2.41. The van der Waals surface area contributed by atoms with Crippen LogP contribution in [0.15, 0.2) is 59.5 Å². The molecule has 2 aliphatic rings. The van der Waals surface area contributed by atoms with Crippen molar-refractivity contribution >= 4 is 26.8 Å². The summed E-state index contributed by atoms with van der Waals surface area (Å²) in [6.45, 7) is 3.83. The number of pyridine rings is 1. The van der Waals surface area contributed by atoms with Crippen molar-refractivity contribution in [2.45, 2.75) is 37.1 Å². The fourth-order valence-electron chi connectivity index (χ4n) is 3.69. The third kappa shape index (κ3) is 2.96. The van der Waals surface area contributed by atoms with E-state index in [0.29, 0.717) is 11.3 Å². The summed E-state index contributed by atoms with van der Waals surface area (Å²) < 4.78 is 30.1. The van der Waals surface area contributed by atoms with Crippen molar-refractivity contribution in [2.24, 2.45) is 0 Å². The molecular formula is C23H20N4O2S. The molecule has 2 aliphatic carbocycles. The van der Waals surface area contributed by atoms with Gasteiger partial charge in [-0.3, -0.25) is 4.57 Å². The second-order valence-corrected chi connectivity index (χ2v) is 9.82. The molecular weight excluding hydrogens is 396 g/mol. The molecule has 7 heteroatoms. The van der Waals surface area contributed by atoms with Crippen molar-refractivity contribution in [2.75, 3.05) is 0 Å². The van der Waals surface area contributed by atoms with E-state index in [1.165, 1.54) is 0 Å². The van der Waals surface area contributed by atoms with Crippen LogP contribution in [-0.2, 0) is 10.0 Å². The van der Waals surface area contributed by atoms with Crippen LogP contribution in [0, 0.1) is 18.3 Å². The third-order valence-corrected chi connectivity index (χ3v) is 7.33. The molecule has 0 amide bonds. The number of allylic oxidation sites excluding steroid dienone is 4. The van der Waals surface area contributed by atoms with Gasteiger partial charge in [0.15, 0.2) is 0 Å². The molecule has 0 unspecified atom stereocenters. The lowest BCUT2D eigenvalue weighted by atomic mass is 10.1. The summed E-state index contributed by atoms with van der Waals surface area (Å²) in [7, 11) is -3.58. The topological polar surface area (TPSA) is 87.8 Å². The second kappa shape index (κ2) is 6.39. The van der Waals surface area contributed by atoms with E-state index in [0.717, 1.165) is 40.8 Å². The molecule has 1 fully saturated rings. The molecule has 1 N–H and O–H groups in total. The first-order chi connectivity index (χ1) is 14.3. The maximum absolute atomic E-state index is 12.7. The quantitative estimate of drug-likeness (QED) is 0.678. The first-order valence-corrected chi connectivity index (χ1v) is 11.2. The van der Waals surface area contributed by atoms with Gasteiger partial charge in [0.1, 0.15) is 11.7 Å². The zero-order valence-electron chi connectivity index (χ0n) is 16.7. The van der Waals surface area contributed by atoms with Crippen LogP contribution in [0.3, 0.4) is 0 Å². The molecule has 0 bridgehead atoms. The van der Waals surface area contributed by atoms with Crippen LogP contribution < -0.4 is 4.72 Å². The second-order valence-electron chi connectivity index (χ2n) is 8.14. The molecule has 0 spiro atoms. The summed E-state index contributed by atoms with van der Waals surface area (Å²) in [4.78, 5) is 4.89. The van der Waals surface area contributed by atoms with E-state index < -0.39 is 10.0 Å². The molecule has 1 aromatic carbocycles. The summed E-state index contributed by atoms with van der Waals surface area (Å²) >= 11 is 0. The highest BCUT2D eigenvalue weighted by Crippen LogP contribution is 2.38. The van der Waals surface area contributed by atoms with Crippen LogP contribution in [0.25, 0.3) is 28.0 Å². The minimum atomic E-state index is -3.58. The number of benzene rings is 1. The van der Waals surface area contributed by atoms with Gasteiger partial charge in [-0.15, -0.1) is 0 Å². The van der Waals surface area contributed by atoms with Gasteiger partial charge in [0.05, 0.1) is 16.2 Å². The minimum absolute atomic E-state index is 0.220. The van der Waals surface area contributed by atoms with Crippen molar-refractivity contribution in [3.63, 3.8) is 0 Å². The van der Waals surface area contributed by atoms with Crippen LogP contribution in [0.4, 0.5) is 0 Å². The Hall–Kier alpha value is -3.21. The minimum Gasteiger partial charge on any atom is -0.293 e. The van der Waals surface area contributed by atoms with Crippen LogP contribution in [0.5, 0.6) is 0 Å². The first kappa shape index (κ1) is 18.8. The van der Waals surface area contributed by atoms with E-state index in [1.807, 2.05) is 48.8 Å². The van der Waals surface area contributed by atoms with Gasteiger partial charge in [-0.2, -0.15) is 5.26 Å². The Morgan fingerprint density at radius 1 is 1.17 bits per heavy atom. The number of fused-ring (bicyclic) bond motifs is 1. The SMILES string of the molecule is Cc1ccc2c(C#N)c(-c3ccc(S(=O)(=O)NC4(C)CC4)cc3)n(C3=CC=C3)c2n1. The summed E-state index contributed by atoms with van der Waals surface area (Å²) in [5, 5.41) is 10.7. The zero-order chi connectivity index (χ0) is 21.1. The van der Waals surface area contributed by atoms with E-state index in [1.54, 1.807) is 24.3 Å². The molecule has 0 radical (unpaired) electrons. The molecule has 0 saturated heterocycles. The summed E-state index contributed by atoms with van der Waals surface area (Å²) in [6.07, 6.45) is 7.57. The maximum atomic E-state index is 12.7. The molecule has 3 aromatic rings. The third-order valence-electron chi connectivity index (χ3n) is 5.68. The highest BCUT2D eigenvalue weighted by atomic mass is 32.2. The van der Waals surface area contributed by atoms with Gasteiger partial charge >= 0.3 is 0 Å². The molecule has 30 heavy (non-hydrogen) atoms. The van der Waals surface area contributed by atoms with E-state index in [4.69, 9.17) is 0 Å². The molecule has 150 valence electrons. The predicted octanol–water partition coefficient (Wildman–Crippen LogP) is 4.12. The standard InChI is InChI=1S/C23H20N4O2S/c1-15-6-11-19-20(14-24)21(27(22(19)25-15)17-4-3-5-17)16-7-9-18(10-8-16)30(28,29)26-23(2)12-13-23/h3-11,26H,12-13H2,1-2H3. The Bertz CT molecular complexity index is 1400. The predicted molar refractivity (Wildman–Crippen MR) is 116 cm³/mol. The monoisotopic (exact) mass is 416 g/mol. The summed E-state index contributed by atoms with van der Waals surface area (Å²) in [6, 6.07) is 12.8. The number of aryl methyl sites for hydroxylation is 1. The van der Waals surface area contributed by atoms with Crippen LogP contribution in [-0.4, -0.2) is 23.5 Å². The number of rotatable bonds is 5. The number of nitriles is 1. The fraction of sp³-hybridized carbons (Fsp3) is 0.217. The summed E-state index contributed by atoms with van der Waals surface area (Å²) in [5.41, 5.74) is 4.20. The maximum Gasteiger partial charge on any atom is 0.241 e. The highest BCUT2D eigenvalue weighted by molar-refractivity contribution is 7.89. The number of nitrogens with zero attached hydrogens (tertiary/aromatic N) is 3. The molecule has 2 aromatic heterocycles. The van der Waals surface area contributed by atoms with Gasteiger partial charge in [-0.05, 0) is 63.1 Å². The number of hydrogen-bond donors (Lipinski definition) is 1. The number of nitrogens with one attached hydrogen (secondary N) is 1. The van der Waals surface area contributed by atoms with E-state index >= 15 is 0 Å². The number of sulfonamides is 1. The number of hydrogen-bond acceptors (Lipinski definition) is 4. The Kier molecular flexibility index (Phi) is 4.01. The van der Waals surface area contributed by atoms with Crippen molar-refractivity contribution < 1.29 is 8.42 Å². The van der Waals surface area contributed by atoms with Gasteiger partial charge in [0.25, 0.3) is 0 Å². The van der Waals surface area contributed by atoms with Crippen LogP contribution in [0.2, 0.25) is 0 Å². The Balaban J connectivity index is 1.65. The van der Waals surface area contributed by atoms with Crippen molar-refractivity contribution in [1.29, 1.82) is 5.26 Å². The van der Waals surface area contributed by atoms with Crippen molar-refractivity contribution in [3.8, 4) is 17.3 Å². The molecule has 0 atom stereocenters. The van der Waals surface area contributed by atoms with Crippen LogP contribution in [0.1, 0.15) is 31.0 Å². The average Bonchev–Trinajstić information content (AvgIpc) is 3.30. The van der Waals surface area contributed by atoms with Crippen molar-refractivity contribution in [1.82, 2.24) is 14.3 Å². The van der Waals surface area contributed by atoms with Crippen LogP contribution >= 0.6 is 0 Å². The zero-order valence-corrected chi connectivity index (χ0v) is 17.5. The Labute approximate surface area is 175 Å². The van der Waals surface area contributed by atoms with E-state index in [-0.39, 0.29) is 10.4 Å². The fourth-order valence-corrected chi connectivity index (χ4v) is 5.15. The van der Waals surface area contributed by atoms with Gasteiger partial charge in [0.2, 0.25) is 10.0 Å². The first-order valence-electron chi connectivity index (χ1n) is 9.77. The van der Waals surface area contributed by atoms with Gasteiger partial charge < -0.3 is 0 Å². The van der Waals surface area contributed by atoms with Gasteiger partial charge in [-0.1, -0.05) is 18.2 Å². The molecule has 1 saturated carbocycles. The molecule has 6 nitrogen and oxygen atoms in total. The lowest BCUT2D eigenvalue weighted by Crippen LogP contribution is -2.34.